The van der Waals surface area contributed by atoms with Crippen LogP contribution in [0.4, 0.5) is 17.1 Å². The molecule has 312 valence electrons. The van der Waals surface area contributed by atoms with Crippen molar-refractivity contribution in [2.75, 3.05) is 4.90 Å². The highest BCUT2D eigenvalue weighted by atomic mass is 16.3. The van der Waals surface area contributed by atoms with Crippen molar-refractivity contribution in [3.05, 3.63) is 247 Å². The van der Waals surface area contributed by atoms with Crippen LogP contribution in [0, 0.1) is 0 Å². The van der Waals surface area contributed by atoms with Gasteiger partial charge in [-0.05, 0) is 156 Å². The summed E-state index contributed by atoms with van der Waals surface area (Å²) in [6.07, 6.45) is 0.880. The van der Waals surface area contributed by atoms with Crippen molar-refractivity contribution in [3.8, 4) is 66.8 Å². The van der Waals surface area contributed by atoms with Gasteiger partial charge in [-0.1, -0.05) is 178 Å². The second-order valence-corrected chi connectivity index (χ2v) is 18.5. The van der Waals surface area contributed by atoms with Crippen LogP contribution in [0.25, 0.3) is 88.7 Å². The smallest absolute Gasteiger partial charge is 0.135 e. The number of anilines is 3. The number of benzene rings is 10. The van der Waals surface area contributed by atoms with E-state index in [4.69, 9.17) is 4.42 Å². The maximum Gasteiger partial charge on any atom is 0.135 e. The van der Waals surface area contributed by atoms with Crippen molar-refractivity contribution < 1.29 is 4.42 Å². The van der Waals surface area contributed by atoms with Gasteiger partial charge < -0.3 is 9.32 Å². The number of nitrogens with zero attached hydrogens (tertiary/aromatic N) is 1. The summed E-state index contributed by atoms with van der Waals surface area (Å²) in [4.78, 5) is 2.45. The van der Waals surface area contributed by atoms with Crippen LogP contribution in [0.5, 0.6) is 0 Å². The van der Waals surface area contributed by atoms with Gasteiger partial charge in [0.05, 0.1) is 0 Å². The molecule has 13 rings (SSSR count). The third-order valence-electron chi connectivity index (χ3n) is 14.3. The van der Waals surface area contributed by atoms with Crippen LogP contribution in [0.15, 0.2) is 229 Å². The first kappa shape index (κ1) is 38.3. The lowest BCUT2D eigenvalue weighted by Crippen LogP contribution is -2.16. The van der Waals surface area contributed by atoms with Crippen LogP contribution in [0.1, 0.15) is 36.1 Å². The average Bonchev–Trinajstić information content (AvgIpc) is 4.01. The van der Waals surface area contributed by atoms with E-state index in [9.17, 15) is 0 Å². The summed E-state index contributed by atoms with van der Waals surface area (Å²) in [6, 6.07) is 82.5. The van der Waals surface area contributed by atoms with Crippen LogP contribution >= 0.6 is 0 Å². The zero-order chi connectivity index (χ0) is 43.9. The molecule has 0 atom stereocenters. The van der Waals surface area contributed by atoms with Crippen molar-refractivity contribution >= 4 is 39.0 Å². The van der Waals surface area contributed by atoms with Gasteiger partial charge in [0.2, 0.25) is 0 Å². The molecule has 0 fully saturated rings. The van der Waals surface area contributed by atoms with Gasteiger partial charge in [-0.15, -0.1) is 0 Å². The largest absolute Gasteiger partial charge is 0.456 e. The summed E-state index contributed by atoms with van der Waals surface area (Å²) < 4.78 is 6.16. The quantitative estimate of drug-likeness (QED) is 0.159. The van der Waals surface area contributed by atoms with E-state index < -0.39 is 0 Å². The lowest BCUT2D eigenvalue weighted by atomic mass is 9.81. The zero-order valence-corrected chi connectivity index (χ0v) is 36.9. The molecule has 0 aliphatic heterocycles. The molecule has 2 nitrogen and oxygen atoms in total. The first-order valence-corrected chi connectivity index (χ1v) is 23.0. The Kier molecular flexibility index (Phi) is 8.66. The van der Waals surface area contributed by atoms with Crippen LogP contribution in [-0.4, -0.2) is 0 Å². The molecule has 2 heteroatoms. The summed E-state index contributed by atoms with van der Waals surface area (Å²) in [5.41, 5.74) is 25.6. The average molecular weight is 844 g/mol. The van der Waals surface area contributed by atoms with Crippen molar-refractivity contribution in [1.82, 2.24) is 0 Å². The maximum atomic E-state index is 6.16. The van der Waals surface area contributed by atoms with Gasteiger partial charge >= 0.3 is 0 Å². The fourth-order valence-corrected chi connectivity index (χ4v) is 10.8. The number of rotatable bonds is 7. The minimum absolute atomic E-state index is 0.181. The second kappa shape index (κ2) is 14.9. The van der Waals surface area contributed by atoms with E-state index in [2.05, 4.69) is 231 Å². The minimum Gasteiger partial charge on any atom is -0.456 e. The molecule has 1 aromatic heterocycles. The number of fused-ring (bicyclic) bond motifs is 9. The van der Waals surface area contributed by atoms with Gasteiger partial charge in [-0.2, -0.15) is 0 Å². The molecule has 11 aromatic rings. The molecule has 2 aliphatic carbocycles. The van der Waals surface area contributed by atoms with Gasteiger partial charge in [0.25, 0.3) is 0 Å². The van der Waals surface area contributed by atoms with Gasteiger partial charge in [0.15, 0.2) is 0 Å². The van der Waals surface area contributed by atoms with E-state index in [-0.39, 0.29) is 5.41 Å². The number of para-hydroxylation sites is 1. The summed E-state index contributed by atoms with van der Waals surface area (Å²) in [5.74, 6) is 0. The number of furan rings is 1. The van der Waals surface area contributed by atoms with Crippen molar-refractivity contribution in [2.24, 2.45) is 0 Å². The van der Waals surface area contributed by atoms with E-state index in [0.717, 1.165) is 45.4 Å². The molecular formula is C64H45NO. The molecule has 0 bridgehead atoms. The van der Waals surface area contributed by atoms with Crippen molar-refractivity contribution in [1.29, 1.82) is 0 Å². The molecule has 0 saturated heterocycles. The third kappa shape index (κ3) is 6.25. The lowest BCUT2D eigenvalue weighted by molar-refractivity contribution is 0.660. The van der Waals surface area contributed by atoms with E-state index in [1.54, 1.807) is 0 Å². The standard InChI is InChI=1S/C64H45NO/c1-64(2)60-39-48(42-13-7-4-8-14-42)24-31-56(60)57-33-29-53(40-61(57)64)65(51-26-21-45(22-27-51)44-19-17-43(18-20-44)41-11-5-3-6-12-41)52-28-32-55-50(37-52)36-49-35-46(23-30-54(49)55)47-25-34-63-59(38-47)58-15-9-10-16-62(58)66-63/h3-35,37-40H,36H2,1-2H3. The molecule has 0 unspecified atom stereocenters. The molecule has 0 spiro atoms. The van der Waals surface area contributed by atoms with Crippen LogP contribution in [0.3, 0.4) is 0 Å². The van der Waals surface area contributed by atoms with Gasteiger partial charge in [0.1, 0.15) is 11.2 Å². The first-order chi connectivity index (χ1) is 32.4. The monoisotopic (exact) mass is 843 g/mol. The molecule has 2 aliphatic rings. The fraction of sp³-hybridized carbons (Fsp3) is 0.0625. The van der Waals surface area contributed by atoms with Crippen LogP contribution in [0.2, 0.25) is 0 Å². The van der Waals surface area contributed by atoms with E-state index in [0.29, 0.717) is 0 Å². The molecule has 0 radical (unpaired) electrons. The summed E-state index contributed by atoms with van der Waals surface area (Å²) in [6.45, 7) is 4.77. The van der Waals surface area contributed by atoms with Gasteiger partial charge in [0, 0.05) is 33.2 Å². The van der Waals surface area contributed by atoms with Gasteiger partial charge in [-0.25, -0.2) is 0 Å². The Balaban J connectivity index is 0.872. The summed E-state index contributed by atoms with van der Waals surface area (Å²) >= 11 is 0. The Morgan fingerprint density at radius 1 is 0.333 bits per heavy atom. The fourth-order valence-electron chi connectivity index (χ4n) is 10.8. The number of hydrogen-bond acceptors (Lipinski definition) is 2. The summed E-state index contributed by atoms with van der Waals surface area (Å²) in [5, 5.41) is 2.31. The molecule has 1 heterocycles. The number of hydrogen-bond donors (Lipinski definition) is 0. The topological polar surface area (TPSA) is 16.4 Å². The highest BCUT2D eigenvalue weighted by Gasteiger charge is 2.36. The third-order valence-corrected chi connectivity index (χ3v) is 14.3. The van der Waals surface area contributed by atoms with E-state index >= 15 is 0 Å². The molecular weight excluding hydrogens is 799 g/mol. The first-order valence-electron chi connectivity index (χ1n) is 23.0. The predicted octanol–water partition coefficient (Wildman–Crippen LogP) is 17.6. The Labute approximate surface area is 385 Å². The molecule has 0 N–H and O–H groups in total. The molecule has 66 heavy (non-hydrogen) atoms. The normalized spacial score (nSPS) is 13.1. The second-order valence-electron chi connectivity index (χ2n) is 18.5. The Hall–Kier alpha value is -8.20. The summed E-state index contributed by atoms with van der Waals surface area (Å²) in [7, 11) is 0. The highest BCUT2D eigenvalue weighted by molar-refractivity contribution is 6.06. The van der Waals surface area contributed by atoms with E-state index in [1.807, 2.05) is 12.1 Å². The molecule has 0 amide bonds. The Bertz CT molecular complexity index is 3670. The predicted molar refractivity (Wildman–Crippen MR) is 276 cm³/mol. The van der Waals surface area contributed by atoms with Crippen molar-refractivity contribution in [3.63, 3.8) is 0 Å². The van der Waals surface area contributed by atoms with Gasteiger partial charge in [-0.3, -0.25) is 0 Å². The highest BCUT2D eigenvalue weighted by Crippen LogP contribution is 2.52. The minimum atomic E-state index is -0.181. The van der Waals surface area contributed by atoms with E-state index in [1.165, 1.54) is 89.0 Å². The Morgan fingerprint density at radius 2 is 0.773 bits per heavy atom. The lowest BCUT2D eigenvalue weighted by Gasteiger charge is -2.29. The SMILES string of the molecule is CC1(C)c2cc(-c3ccccc3)ccc2-c2ccc(N(c3ccc(-c4ccc(-c5ccccc5)cc4)cc3)c3ccc4c(c3)Cc3cc(-c5ccc6oc7ccccc7c6c5)ccc3-4)cc21. The molecule has 0 saturated carbocycles. The maximum absolute atomic E-state index is 6.16. The molecule has 10 aromatic carbocycles. The van der Waals surface area contributed by atoms with Crippen LogP contribution in [-0.2, 0) is 11.8 Å². The zero-order valence-electron chi connectivity index (χ0n) is 36.9. The Morgan fingerprint density at radius 3 is 1.47 bits per heavy atom. The van der Waals surface area contributed by atoms with Crippen molar-refractivity contribution in [2.45, 2.75) is 25.7 Å². The van der Waals surface area contributed by atoms with Crippen LogP contribution < -0.4 is 4.90 Å².